The van der Waals surface area contributed by atoms with E-state index in [0.29, 0.717) is 0 Å². The molecule has 88 valence electrons. The predicted molar refractivity (Wildman–Crippen MR) is 69.0 cm³/mol. The van der Waals surface area contributed by atoms with Crippen LogP contribution in [0.4, 0.5) is 4.39 Å². The van der Waals surface area contributed by atoms with E-state index in [1.807, 2.05) is 41.1 Å². The second kappa shape index (κ2) is 4.45. The molecule has 0 radical (unpaired) electrons. The highest BCUT2D eigenvalue weighted by atomic mass is 19.1. The number of nitrogens with zero attached hydrogens (tertiary/aromatic N) is 2. The van der Waals surface area contributed by atoms with E-state index in [4.69, 9.17) is 0 Å². The van der Waals surface area contributed by atoms with Crippen molar-refractivity contribution in [1.82, 2.24) is 9.55 Å². The minimum Gasteiger partial charge on any atom is -0.306 e. The fourth-order valence-corrected chi connectivity index (χ4v) is 1.84. The number of hydrogen-bond donors (Lipinski definition) is 0. The molecule has 0 saturated heterocycles. The first kappa shape index (κ1) is 10.7. The van der Waals surface area contributed by atoms with Crippen molar-refractivity contribution in [3.63, 3.8) is 0 Å². The van der Waals surface area contributed by atoms with Crippen LogP contribution < -0.4 is 0 Å². The Morgan fingerprint density at radius 1 is 0.889 bits per heavy atom. The highest BCUT2D eigenvalue weighted by Gasteiger charge is 2.02. The summed E-state index contributed by atoms with van der Waals surface area (Å²) in [7, 11) is 0. The van der Waals surface area contributed by atoms with Gasteiger partial charge in [0.15, 0.2) is 0 Å². The summed E-state index contributed by atoms with van der Waals surface area (Å²) in [5.41, 5.74) is 2.87. The summed E-state index contributed by atoms with van der Waals surface area (Å²) in [5, 5.41) is 0. The van der Waals surface area contributed by atoms with Gasteiger partial charge in [0.25, 0.3) is 0 Å². The maximum Gasteiger partial charge on any atom is 0.123 e. The van der Waals surface area contributed by atoms with E-state index in [0.717, 1.165) is 16.9 Å². The summed E-state index contributed by atoms with van der Waals surface area (Å²) in [6.45, 7) is 0. The average Bonchev–Trinajstić information content (AvgIpc) is 2.90. The third kappa shape index (κ3) is 2.02. The Labute approximate surface area is 104 Å². The monoisotopic (exact) mass is 238 g/mol. The number of rotatable bonds is 2. The first-order valence-corrected chi connectivity index (χ1v) is 5.68. The summed E-state index contributed by atoms with van der Waals surface area (Å²) < 4.78 is 14.7. The van der Waals surface area contributed by atoms with Gasteiger partial charge in [0.05, 0.1) is 12.0 Å². The van der Waals surface area contributed by atoms with Gasteiger partial charge in [0.2, 0.25) is 0 Å². The van der Waals surface area contributed by atoms with Crippen LogP contribution in [0.15, 0.2) is 67.1 Å². The molecule has 3 heteroatoms. The standard InChI is InChI=1S/C15H11FN2/c16-13-6-8-14(9-7-13)18-10-15(17-11-18)12-4-2-1-3-5-12/h1-11H. The van der Waals surface area contributed by atoms with Crippen LogP contribution in [0, 0.1) is 5.82 Å². The zero-order valence-corrected chi connectivity index (χ0v) is 9.62. The van der Waals surface area contributed by atoms with E-state index in [2.05, 4.69) is 4.98 Å². The van der Waals surface area contributed by atoms with Gasteiger partial charge >= 0.3 is 0 Å². The fourth-order valence-electron chi connectivity index (χ4n) is 1.84. The van der Waals surface area contributed by atoms with Gasteiger partial charge in [-0.05, 0) is 24.3 Å². The lowest BCUT2D eigenvalue weighted by atomic mass is 10.2. The van der Waals surface area contributed by atoms with E-state index >= 15 is 0 Å². The third-order valence-electron chi connectivity index (χ3n) is 2.78. The van der Waals surface area contributed by atoms with Crippen molar-refractivity contribution in [1.29, 1.82) is 0 Å². The molecule has 0 unspecified atom stereocenters. The predicted octanol–water partition coefficient (Wildman–Crippen LogP) is 3.68. The second-order valence-electron chi connectivity index (χ2n) is 4.01. The molecule has 0 N–H and O–H groups in total. The van der Waals surface area contributed by atoms with Crippen molar-refractivity contribution in [2.75, 3.05) is 0 Å². The molecule has 2 aromatic carbocycles. The minimum absolute atomic E-state index is 0.234. The molecule has 0 fully saturated rings. The summed E-state index contributed by atoms with van der Waals surface area (Å²) in [6.07, 6.45) is 3.66. The van der Waals surface area contributed by atoms with Crippen LogP contribution >= 0.6 is 0 Å². The molecule has 0 saturated carbocycles. The average molecular weight is 238 g/mol. The van der Waals surface area contributed by atoms with Crippen molar-refractivity contribution in [2.24, 2.45) is 0 Å². The van der Waals surface area contributed by atoms with Gasteiger partial charge < -0.3 is 4.57 Å². The normalized spacial score (nSPS) is 10.5. The van der Waals surface area contributed by atoms with Gasteiger partial charge in [-0.25, -0.2) is 9.37 Å². The molecule has 0 bridgehead atoms. The molecule has 2 nitrogen and oxygen atoms in total. The Morgan fingerprint density at radius 3 is 2.33 bits per heavy atom. The third-order valence-corrected chi connectivity index (χ3v) is 2.78. The Morgan fingerprint density at radius 2 is 1.61 bits per heavy atom. The molecular weight excluding hydrogens is 227 g/mol. The number of aromatic nitrogens is 2. The fraction of sp³-hybridized carbons (Fsp3) is 0. The minimum atomic E-state index is -0.234. The summed E-state index contributed by atoms with van der Waals surface area (Å²) >= 11 is 0. The summed E-state index contributed by atoms with van der Waals surface area (Å²) in [6, 6.07) is 16.3. The van der Waals surface area contributed by atoms with Crippen molar-refractivity contribution < 1.29 is 4.39 Å². The molecule has 3 aromatic rings. The Bertz CT molecular complexity index is 642. The number of halogens is 1. The van der Waals surface area contributed by atoms with Crippen LogP contribution in [0.3, 0.4) is 0 Å². The molecule has 1 heterocycles. The Hall–Kier alpha value is -2.42. The Balaban J connectivity index is 1.97. The van der Waals surface area contributed by atoms with Crippen molar-refractivity contribution >= 4 is 0 Å². The van der Waals surface area contributed by atoms with Gasteiger partial charge in [-0.15, -0.1) is 0 Å². The molecule has 18 heavy (non-hydrogen) atoms. The summed E-state index contributed by atoms with van der Waals surface area (Å²) in [4.78, 5) is 4.35. The second-order valence-corrected chi connectivity index (χ2v) is 4.01. The van der Waals surface area contributed by atoms with Gasteiger partial charge in [0.1, 0.15) is 5.82 Å². The van der Waals surface area contributed by atoms with Crippen LogP contribution in [0.25, 0.3) is 16.9 Å². The van der Waals surface area contributed by atoms with E-state index in [-0.39, 0.29) is 5.82 Å². The van der Waals surface area contributed by atoms with Crippen molar-refractivity contribution in [2.45, 2.75) is 0 Å². The maximum atomic E-state index is 12.8. The number of benzene rings is 2. The lowest BCUT2D eigenvalue weighted by Crippen LogP contribution is -1.89. The van der Waals surface area contributed by atoms with Gasteiger partial charge in [-0.2, -0.15) is 0 Å². The lowest BCUT2D eigenvalue weighted by molar-refractivity contribution is 0.627. The van der Waals surface area contributed by atoms with E-state index in [1.54, 1.807) is 18.5 Å². The molecule has 0 atom stereocenters. The van der Waals surface area contributed by atoms with Crippen molar-refractivity contribution in [3.8, 4) is 16.9 Å². The highest BCUT2D eigenvalue weighted by Crippen LogP contribution is 2.18. The molecule has 0 aliphatic rings. The van der Waals surface area contributed by atoms with Gasteiger partial charge in [-0.1, -0.05) is 30.3 Å². The maximum absolute atomic E-state index is 12.8. The lowest BCUT2D eigenvalue weighted by Gasteiger charge is -2.00. The van der Waals surface area contributed by atoms with E-state index in [9.17, 15) is 4.39 Å². The molecule has 0 aliphatic carbocycles. The molecule has 0 amide bonds. The quantitative estimate of drug-likeness (QED) is 0.666. The number of imidazole rings is 1. The smallest absolute Gasteiger partial charge is 0.123 e. The first-order chi connectivity index (χ1) is 8.83. The van der Waals surface area contributed by atoms with Crippen LogP contribution in [0.5, 0.6) is 0 Å². The molecule has 0 aliphatic heterocycles. The summed E-state index contributed by atoms with van der Waals surface area (Å²) in [5.74, 6) is -0.234. The topological polar surface area (TPSA) is 17.8 Å². The van der Waals surface area contributed by atoms with E-state index in [1.165, 1.54) is 12.1 Å². The van der Waals surface area contributed by atoms with Crippen LogP contribution in [0.1, 0.15) is 0 Å². The highest BCUT2D eigenvalue weighted by molar-refractivity contribution is 5.58. The van der Waals surface area contributed by atoms with Crippen LogP contribution in [-0.2, 0) is 0 Å². The van der Waals surface area contributed by atoms with E-state index < -0.39 is 0 Å². The molecule has 0 spiro atoms. The van der Waals surface area contributed by atoms with Crippen LogP contribution in [-0.4, -0.2) is 9.55 Å². The Kier molecular flexibility index (Phi) is 2.65. The van der Waals surface area contributed by atoms with Crippen LogP contribution in [0.2, 0.25) is 0 Å². The van der Waals surface area contributed by atoms with Gasteiger partial charge in [0, 0.05) is 17.4 Å². The molecular formula is C15H11FN2. The molecule has 3 rings (SSSR count). The van der Waals surface area contributed by atoms with Crippen molar-refractivity contribution in [3.05, 3.63) is 72.9 Å². The zero-order chi connectivity index (χ0) is 12.4. The first-order valence-electron chi connectivity index (χ1n) is 5.68. The largest absolute Gasteiger partial charge is 0.306 e. The zero-order valence-electron chi connectivity index (χ0n) is 9.62. The van der Waals surface area contributed by atoms with Gasteiger partial charge in [-0.3, -0.25) is 0 Å². The number of hydrogen-bond acceptors (Lipinski definition) is 1. The SMILES string of the molecule is Fc1ccc(-n2cnc(-c3ccccc3)c2)cc1. The molecule has 1 aromatic heterocycles.